The van der Waals surface area contributed by atoms with Crippen LogP contribution in [-0.4, -0.2) is 36.8 Å². The van der Waals surface area contributed by atoms with Crippen molar-refractivity contribution in [2.24, 2.45) is 0 Å². The number of methoxy groups -OCH3 is 1. The monoisotopic (exact) mass is 356 g/mol. The van der Waals surface area contributed by atoms with Crippen LogP contribution in [-0.2, 0) is 9.53 Å². The van der Waals surface area contributed by atoms with Crippen molar-refractivity contribution in [1.29, 1.82) is 0 Å². The van der Waals surface area contributed by atoms with E-state index in [4.69, 9.17) is 9.47 Å². The van der Waals surface area contributed by atoms with Crippen molar-refractivity contribution in [3.63, 3.8) is 0 Å². The fourth-order valence-corrected chi connectivity index (χ4v) is 4.43. The van der Waals surface area contributed by atoms with Crippen molar-refractivity contribution in [2.45, 2.75) is 63.0 Å². The number of amides is 1. The number of aromatic nitrogens is 1. The summed E-state index contributed by atoms with van der Waals surface area (Å²) in [4.78, 5) is 15.9. The Balaban J connectivity index is 1.46. The summed E-state index contributed by atoms with van der Waals surface area (Å²) >= 11 is 0. The number of aromatic amines is 1. The predicted octanol–water partition coefficient (Wildman–Crippen LogP) is 3.89. The summed E-state index contributed by atoms with van der Waals surface area (Å²) < 4.78 is 11.0. The van der Waals surface area contributed by atoms with Gasteiger partial charge in [-0.2, -0.15) is 0 Å². The summed E-state index contributed by atoms with van der Waals surface area (Å²) in [5.41, 5.74) is 2.48. The summed E-state index contributed by atoms with van der Waals surface area (Å²) in [5, 5.41) is 4.49. The first-order valence-corrected chi connectivity index (χ1v) is 9.81. The highest BCUT2D eigenvalue weighted by atomic mass is 16.5. The molecule has 1 aliphatic carbocycles. The Morgan fingerprint density at radius 1 is 1.23 bits per heavy atom. The van der Waals surface area contributed by atoms with Crippen molar-refractivity contribution in [3.8, 4) is 5.75 Å². The molecule has 1 aliphatic heterocycles. The number of carbonyl (C=O) groups excluding carboxylic acids is 1. The van der Waals surface area contributed by atoms with Crippen molar-refractivity contribution < 1.29 is 14.3 Å². The van der Waals surface area contributed by atoms with Gasteiger partial charge >= 0.3 is 0 Å². The summed E-state index contributed by atoms with van der Waals surface area (Å²) in [7, 11) is 1.70. The number of rotatable bonds is 4. The molecule has 3 atom stereocenters. The molecule has 26 heavy (non-hydrogen) atoms. The number of hydrogen-bond acceptors (Lipinski definition) is 3. The minimum Gasteiger partial charge on any atom is -0.497 e. The smallest absolute Gasteiger partial charge is 0.249 e. The van der Waals surface area contributed by atoms with Gasteiger partial charge in [-0.25, -0.2) is 0 Å². The fourth-order valence-electron chi connectivity index (χ4n) is 4.43. The number of hydrogen-bond donors (Lipinski definition) is 2. The molecule has 0 bridgehead atoms. The van der Waals surface area contributed by atoms with Crippen LogP contribution < -0.4 is 10.1 Å². The fraction of sp³-hybridized carbons (Fsp3) is 0.571. The lowest BCUT2D eigenvalue weighted by molar-refractivity contribution is -0.136. The van der Waals surface area contributed by atoms with Crippen LogP contribution in [0.25, 0.3) is 10.9 Å². The minimum atomic E-state index is -0.249. The van der Waals surface area contributed by atoms with E-state index in [1.807, 2.05) is 6.07 Å². The van der Waals surface area contributed by atoms with Crippen LogP contribution in [0.1, 0.15) is 56.4 Å². The zero-order valence-corrected chi connectivity index (χ0v) is 15.4. The number of ether oxygens (including phenoxy) is 2. The van der Waals surface area contributed by atoms with E-state index in [1.165, 1.54) is 10.9 Å². The molecule has 0 unspecified atom stereocenters. The largest absolute Gasteiger partial charge is 0.497 e. The average Bonchev–Trinajstić information content (AvgIpc) is 3.12. The molecule has 2 N–H and O–H groups in total. The van der Waals surface area contributed by atoms with Crippen LogP contribution in [0.15, 0.2) is 24.4 Å². The Labute approximate surface area is 154 Å². The first kappa shape index (κ1) is 17.4. The molecule has 5 nitrogen and oxygen atoms in total. The maximum atomic E-state index is 12.5. The first-order chi connectivity index (χ1) is 12.7. The molecular weight excluding hydrogens is 328 g/mol. The average molecular weight is 356 g/mol. The third-order valence-electron chi connectivity index (χ3n) is 5.85. The normalized spacial score (nSPS) is 26.6. The first-order valence-electron chi connectivity index (χ1n) is 9.81. The molecule has 4 rings (SSSR count). The van der Waals surface area contributed by atoms with Gasteiger partial charge in [0.25, 0.3) is 0 Å². The van der Waals surface area contributed by atoms with Crippen LogP contribution in [0.5, 0.6) is 5.75 Å². The van der Waals surface area contributed by atoms with Gasteiger partial charge in [0, 0.05) is 29.7 Å². The number of carbonyl (C=O) groups is 1. The second-order valence-electron chi connectivity index (χ2n) is 7.58. The summed E-state index contributed by atoms with van der Waals surface area (Å²) in [6.45, 7) is 0.711. The van der Waals surface area contributed by atoms with Crippen molar-refractivity contribution in [3.05, 3.63) is 30.0 Å². The molecule has 2 aliphatic rings. The number of H-pyrrole nitrogens is 1. The molecule has 1 saturated heterocycles. The lowest BCUT2D eigenvalue weighted by Crippen LogP contribution is -2.45. The Hall–Kier alpha value is -2.01. The summed E-state index contributed by atoms with van der Waals surface area (Å²) in [6, 6.07) is 6.40. The van der Waals surface area contributed by atoms with Gasteiger partial charge in [0.15, 0.2) is 0 Å². The van der Waals surface area contributed by atoms with Gasteiger partial charge in [0.2, 0.25) is 5.91 Å². The van der Waals surface area contributed by atoms with Crippen LogP contribution >= 0.6 is 0 Å². The van der Waals surface area contributed by atoms with Crippen LogP contribution in [0, 0.1) is 0 Å². The predicted molar refractivity (Wildman–Crippen MR) is 102 cm³/mol. The van der Waals surface area contributed by atoms with Gasteiger partial charge in [-0.3, -0.25) is 4.79 Å². The molecule has 1 amide bonds. The molecule has 1 saturated carbocycles. The molecule has 2 heterocycles. The quantitative estimate of drug-likeness (QED) is 0.874. The highest BCUT2D eigenvalue weighted by molar-refractivity contribution is 5.85. The second kappa shape index (κ2) is 7.70. The summed E-state index contributed by atoms with van der Waals surface area (Å²) in [5.74, 6) is 1.42. The molecule has 1 aromatic carbocycles. The Kier molecular flexibility index (Phi) is 5.16. The van der Waals surface area contributed by atoms with E-state index in [1.54, 1.807) is 7.11 Å². The van der Waals surface area contributed by atoms with Crippen molar-refractivity contribution >= 4 is 16.8 Å². The van der Waals surface area contributed by atoms with Crippen LogP contribution in [0.4, 0.5) is 0 Å². The van der Waals surface area contributed by atoms with E-state index in [9.17, 15) is 4.79 Å². The molecule has 5 heteroatoms. The summed E-state index contributed by atoms with van der Waals surface area (Å²) in [6.07, 6.45) is 9.23. The van der Waals surface area contributed by atoms with Gasteiger partial charge in [-0.15, -0.1) is 0 Å². The topological polar surface area (TPSA) is 63.3 Å². The van der Waals surface area contributed by atoms with Crippen molar-refractivity contribution in [1.82, 2.24) is 10.3 Å². The zero-order valence-electron chi connectivity index (χ0n) is 15.4. The molecule has 2 aromatic rings. The molecule has 140 valence electrons. The minimum absolute atomic E-state index is 0.0796. The molecule has 0 radical (unpaired) electrons. The molecular formula is C21H28N2O3. The van der Waals surface area contributed by atoms with E-state index < -0.39 is 0 Å². The van der Waals surface area contributed by atoms with Gasteiger partial charge in [-0.1, -0.05) is 6.42 Å². The third kappa shape index (κ3) is 3.58. The maximum Gasteiger partial charge on any atom is 0.249 e. The van der Waals surface area contributed by atoms with Crippen LogP contribution in [0.2, 0.25) is 0 Å². The zero-order chi connectivity index (χ0) is 17.9. The Bertz CT molecular complexity index is 764. The van der Waals surface area contributed by atoms with E-state index in [2.05, 4.69) is 28.6 Å². The standard InChI is InChI=1S/C21H28N2O3/c1-25-16-8-9-19-17(12-16)18(13-22-19)14-5-4-6-15(11-14)23-21(24)20-7-2-3-10-26-20/h8-9,12-15,20,22H,2-7,10-11H2,1H3,(H,23,24)/t14-,15+,20+/m0/s1. The van der Waals surface area contributed by atoms with Crippen molar-refractivity contribution in [2.75, 3.05) is 13.7 Å². The number of benzene rings is 1. The van der Waals surface area contributed by atoms with Gasteiger partial charge in [0.05, 0.1) is 7.11 Å². The van der Waals surface area contributed by atoms with Gasteiger partial charge < -0.3 is 19.8 Å². The Morgan fingerprint density at radius 3 is 2.96 bits per heavy atom. The second-order valence-corrected chi connectivity index (χ2v) is 7.58. The highest BCUT2D eigenvalue weighted by Crippen LogP contribution is 2.37. The van der Waals surface area contributed by atoms with E-state index in [-0.39, 0.29) is 18.1 Å². The van der Waals surface area contributed by atoms with E-state index >= 15 is 0 Å². The number of nitrogens with one attached hydrogen (secondary N) is 2. The maximum absolute atomic E-state index is 12.5. The van der Waals surface area contributed by atoms with Gasteiger partial charge in [-0.05, 0) is 68.2 Å². The molecule has 2 fully saturated rings. The third-order valence-corrected chi connectivity index (χ3v) is 5.85. The highest BCUT2D eigenvalue weighted by Gasteiger charge is 2.29. The van der Waals surface area contributed by atoms with E-state index in [0.29, 0.717) is 12.5 Å². The Morgan fingerprint density at radius 2 is 2.15 bits per heavy atom. The van der Waals surface area contributed by atoms with Gasteiger partial charge in [0.1, 0.15) is 11.9 Å². The molecule has 0 spiro atoms. The molecule has 1 aromatic heterocycles. The number of fused-ring (bicyclic) bond motifs is 1. The SMILES string of the molecule is COc1ccc2[nH]cc([C@H]3CCC[C@@H](NC(=O)[C@H]4CCCCO4)C3)c2c1. The van der Waals surface area contributed by atoms with E-state index in [0.717, 1.165) is 56.2 Å². The lowest BCUT2D eigenvalue weighted by atomic mass is 9.81. The lowest BCUT2D eigenvalue weighted by Gasteiger charge is -2.31. The van der Waals surface area contributed by atoms with Crippen LogP contribution in [0.3, 0.4) is 0 Å².